The lowest BCUT2D eigenvalue weighted by atomic mass is 10.0. The highest BCUT2D eigenvalue weighted by molar-refractivity contribution is 5.69. The number of nitrogen functional groups attached to an aromatic ring is 1. The van der Waals surface area contributed by atoms with Crippen LogP contribution in [0.15, 0.2) is 12.1 Å². The summed E-state index contributed by atoms with van der Waals surface area (Å²) in [6.45, 7) is 8.30. The van der Waals surface area contributed by atoms with Crippen LogP contribution in [0.5, 0.6) is 0 Å². The van der Waals surface area contributed by atoms with Crippen LogP contribution in [0.4, 0.5) is 10.6 Å². The average Bonchev–Trinajstić information content (AvgIpc) is 2.75. The van der Waals surface area contributed by atoms with E-state index in [0.29, 0.717) is 5.82 Å². The highest BCUT2D eigenvalue weighted by Gasteiger charge is 2.34. The topological polar surface area (TPSA) is 68.5 Å². The van der Waals surface area contributed by atoms with Crippen LogP contribution in [-0.4, -0.2) is 28.1 Å². The van der Waals surface area contributed by atoms with Crippen LogP contribution in [0.2, 0.25) is 0 Å². The van der Waals surface area contributed by atoms with E-state index < -0.39 is 5.60 Å². The van der Waals surface area contributed by atoms with E-state index in [1.165, 1.54) is 0 Å². The van der Waals surface area contributed by atoms with Gasteiger partial charge in [-0.05, 0) is 52.2 Å². The largest absolute Gasteiger partial charge is 0.444 e. The van der Waals surface area contributed by atoms with Crippen LogP contribution in [0, 0.1) is 6.92 Å². The first-order chi connectivity index (χ1) is 9.28. The molecule has 0 saturated carbocycles. The number of nitrogens with two attached hydrogens (primary N) is 1. The van der Waals surface area contributed by atoms with Crippen molar-refractivity contribution in [1.29, 1.82) is 0 Å². The quantitative estimate of drug-likeness (QED) is 0.856. The van der Waals surface area contributed by atoms with Gasteiger partial charge in [-0.15, -0.1) is 0 Å². The van der Waals surface area contributed by atoms with Crippen molar-refractivity contribution >= 4 is 11.9 Å². The van der Waals surface area contributed by atoms with Gasteiger partial charge in [0.05, 0.1) is 6.04 Å². The smallest absolute Gasteiger partial charge is 0.410 e. The normalized spacial score (nSPS) is 19.2. The number of amides is 1. The van der Waals surface area contributed by atoms with E-state index in [0.717, 1.165) is 30.6 Å². The van der Waals surface area contributed by atoms with Crippen molar-refractivity contribution in [2.24, 2.45) is 0 Å². The molecule has 1 aromatic rings. The second-order valence-corrected chi connectivity index (χ2v) is 6.24. The van der Waals surface area contributed by atoms with Crippen LogP contribution in [0.25, 0.3) is 0 Å². The summed E-state index contributed by atoms with van der Waals surface area (Å²) in [5.41, 5.74) is 7.15. The molecule has 1 aromatic heterocycles. The first-order valence-electron chi connectivity index (χ1n) is 7.00. The minimum absolute atomic E-state index is 0.0398. The number of ether oxygens (including phenoxy) is 1. The Morgan fingerprint density at radius 3 is 2.75 bits per heavy atom. The van der Waals surface area contributed by atoms with Crippen LogP contribution in [0.3, 0.4) is 0 Å². The molecule has 2 heterocycles. The summed E-state index contributed by atoms with van der Waals surface area (Å²) in [6, 6.07) is 3.79. The van der Waals surface area contributed by atoms with Gasteiger partial charge in [0.25, 0.3) is 0 Å². The number of carbonyl (C=O) groups is 1. The number of pyridine rings is 1. The molecule has 1 amide bonds. The van der Waals surface area contributed by atoms with Gasteiger partial charge in [0.15, 0.2) is 0 Å². The van der Waals surface area contributed by atoms with Gasteiger partial charge in [0, 0.05) is 12.2 Å². The summed E-state index contributed by atoms with van der Waals surface area (Å²) in [7, 11) is 0. The minimum atomic E-state index is -0.474. The Hall–Kier alpha value is -1.78. The van der Waals surface area contributed by atoms with Gasteiger partial charge in [-0.2, -0.15) is 0 Å². The molecule has 1 fully saturated rings. The Morgan fingerprint density at radius 2 is 2.15 bits per heavy atom. The molecule has 1 aliphatic heterocycles. The van der Waals surface area contributed by atoms with E-state index in [2.05, 4.69) is 4.98 Å². The molecule has 5 nitrogen and oxygen atoms in total. The van der Waals surface area contributed by atoms with Crippen molar-refractivity contribution in [3.8, 4) is 0 Å². The summed E-state index contributed by atoms with van der Waals surface area (Å²) in [5.74, 6) is 0.507. The average molecular weight is 277 g/mol. The Kier molecular flexibility index (Phi) is 3.88. The number of likely N-dealkylation sites (tertiary alicyclic amines) is 1. The maximum Gasteiger partial charge on any atom is 0.410 e. The number of nitrogens with zero attached hydrogens (tertiary/aromatic N) is 2. The number of rotatable bonds is 1. The Morgan fingerprint density at radius 1 is 1.45 bits per heavy atom. The predicted molar refractivity (Wildman–Crippen MR) is 78.3 cm³/mol. The van der Waals surface area contributed by atoms with Crippen molar-refractivity contribution in [3.63, 3.8) is 0 Å². The lowest BCUT2D eigenvalue weighted by molar-refractivity contribution is 0.0224. The van der Waals surface area contributed by atoms with Crippen molar-refractivity contribution in [3.05, 3.63) is 23.4 Å². The molecule has 0 aromatic carbocycles. The van der Waals surface area contributed by atoms with E-state index >= 15 is 0 Å². The Bertz CT molecular complexity index is 508. The summed E-state index contributed by atoms with van der Waals surface area (Å²) in [5, 5.41) is 0. The molecule has 1 aliphatic rings. The van der Waals surface area contributed by atoms with Gasteiger partial charge in [0.2, 0.25) is 0 Å². The zero-order valence-electron chi connectivity index (χ0n) is 12.6. The van der Waals surface area contributed by atoms with Crippen LogP contribution in [0.1, 0.15) is 50.9 Å². The van der Waals surface area contributed by atoms with Crippen LogP contribution in [-0.2, 0) is 4.74 Å². The molecule has 2 rings (SSSR count). The van der Waals surface area contributed by atoms with Gasteiger partial charge in [-0.25, -0.2) is 9.78 Å². The monoisotopic (exact) mass is 277 g/mol. The molecule has 2 N–H and O–H groups in total. The SMILES string of the molecule is Cc1nc(N)ccc1[C@H]1CCCN1C(=O)OC(C)(C)C. The molecule has 1 saturated heterocycles. The second kappa shape index (κ2) is 5.31. The lowest BCUT2D eigenvalue weighted by Crippen LogP contribution is -2.36. The summed E-state index contributed by atoms with van der Waals surface area (Å²) >= 11 is 0. The molecule has 20 heavy (non-hydrogen) atoms. The molecule has 0 radical (unpaired) electrons. The summed E-state index contributed by atoms with van der Waals surface area (Å²) in [4.78, 5) is 18.4. The lowest BCUT2D eigenvalue weighted by Gasteiger charge is -2.29. The van der Waals surface area contributed by atoms with Gasteiger partial charge in [-0.3, -0.25) is 0 Å². The first kappa shape index (κ1) is 14.6. The summed E-state index contributed by atoms with van der Waals surface area (Å²) < 4.78 is 5.48. The predicted octanol–water partition coefficient (Wildman–Crippen LogP) is 3.04. The van der Waals surface area contributed by atoms with Crippen LogP contribution >= 0.6 is 0 Å². The molecule has 0 bridgehead atoms. The van der Waals surface area contributed by atoms with Gasteiger partial charge in [-0.1, -0.05) is 6.07 Å². The van der Waals surface area contributed by atoms with Crippen molar-refractivity contribution in [1.82, 2.24) is 9.88 Å². The van der Waals surface area contributed by atoms with Crippen molar-refractivity contribution < 1.29 is 9.53 Å². The highest BCUT2D eigenvalue weighted by atomic mass is 16.6. The third-order valence-electron chi connectivity index (χ3n) is 3.39. The molecular weight excluding hydrogens is 254 g/mol. The fraction of sp³-hybridized carbons (Fsp3) is 0.600. The molecule has 0 unspecified atom stereocenters. The number of hydrogen-bond donors (Lipinski definition) is 1. The first-order valence-corrected chi connectivity index (χ1v) is 7.00. The molecule has 110 valence electrons. The number of anilines is 1. The van der Waals surface area contributed by atoms with Crippen LogP contribution < -0.4 is 5.73 Å². The maximum atomic E-state index is 12.3. The standard InChI is InChI=1S/C15H23N3O2/c1-10-11(7-8-13(16)17-10)12-6-5-9-18(12)14(19)20-15(2,3)4/h7-8,12H,5-6,9H2,1-4H3,(H2,16,17)/t12-/m1/s1. The molecular formula is C15H23N3O2. The van der Waals surface area contributed by atoms with E-state index in [9.17, 15) is 4.79 Å². The fourth-order valence-corrected chi connectivity index (χ4v) is 2.57. The molecule has 0 aliphatic carbocycles. The highest BCUT2D eigenvalue weighted by Crippen LogP contribution is 2.34. The van der Waals surface area contributed by atoms with E-state index in [1.807, 2.05) is 33.8 Å². The molecule has 0 spiro atoms. The van der Waals surface area contributed by atoms with Gasteiger partial charge >= 0.3 is 6.09 Å². The van der Waals surface area contributed by atoms with Crippen molar-refractivity contribution in [2.75, 3.05) is 12.3 Å². The third-order valence-corrected chi connectivity index (χ3v) is 3.39. The number of carbonyl (C=O) groups excluding carboxylic acids is 1. The molecule has 1 atom stereocenters. The number of aryl methyl sites for hydroxylation is 1. The Balaban J connectivity index is 2.21. The zero-order valence-corrected chi connectivity index (χ0v) is 12.6. The minimum Gasteiger partial charge on any atom is -0.444 e. The Labute approximate surface area is 120 Å². The van der Waals surface area contributed by atoms with Crippen molar-refractivity contribution in [2.45, 2.75) is 52.2 Å². The fourth-order valence-electron chi connectivity index (χ4n) is 2.57. The zero-order chi connectivity index (χ0) is 14.9. The van der Waals surface area contributed by atoms with E-state index in [-0.39, 0.29) is 12.1 Å². The van der Waals surface area contributed by atoms with Gasteiger partial charge in [0.1, 0.15) is 11.4 Å². The second-order valence-electron chi connectivity index (χ2n) is 6.24. The number of aromatic nitrogens is 1. The maximum absolute atomic E-state index is 12.3. The van der Waals surface area contributed by atoms with E-state index in [1.54, 1.807) is 11.0 Å². The van der Waals surface area contributed by atoms with Gasteiger partial charge < -0.3 is 15.4 Å². The number of hydrogen-bond acceptors (Lipinski definition) is 4. The molecule has 5 heteroatoms. The van der Waals surface area contributed by atoms with E-state index in [4.69, 9.17) is 10.5 Å². The third kappa shape index (κ3) is 3.21. The summed E-state index contributed by atoms with van der Waals surface area (Å²) in [6.07, 6.45) is 1.66.